The van der Waals surface area contributed by atoms with Crippen LogP contribution in [0.4, 0.5) is 10.5 Å². The zero-order chi connectivity index (χ0) is 23.0. The molecule has 0 radical (unpaired) electrons. The van der Waals surface area contributed by atoms with E-state index in [2.05, 4.69) is 33.5 Å². The minimum atomic E-state index is -0.485. The number of rotatable bonds is 3. The summed E-state index contributed by atoms with van der Waals surface area (Å²) < 4.78 is 7.63. The summed E-state index contributed by atoms with van der Waals surface area (Å²) in [6.07, 6.45) is 1.60. The van der Waals surface area contributed by atoms with Crippen LogP contribution >= 0.6 is 23.2 Å². The molecule has 1 atom stereocenters. The van der Waals surface area contributed by atoms with Crippen LogP contribution in [-0.4, -0.2) is 52.3 Å². The number of carbonyl (C=O) groups is 1. The monoisotopic (exact) mass is 474 g/mol. The van der Waals surface area contributed by atoms with E-state index in [0.29, 0.717) is 23.1 Å². The van der Waals surface area contributed by atoms with Gasteiger partial charge < -0.3 is 19.1 Å². The highest BCUT2D eigenvalue weighted by molar-refractivity contribution is 6.35. The first-order valence-corrected chi connectivity index (χ1v) is 11.5. The van der Waals surface area contributed by atoms with Gasteiger partial charge in [0.25, 0.3) is 0 Å². The second-order valence-electron chi connectivity index (χ2n) is 9.12. The minimum absolute atomic E-state index is 0.00373. The molecule has 32 heavy (non-hydrogen) atoms. The number of aromatic nitrogens is 2. The van der Waals surface area contributed by atoms with E-state index in [1.807, 2.05) is 45.3 Å². The molecular weight excluding hydrogens is 447 g/mol. The number of piperazine rings is 1. The first kappa shape index (κ1) is 22.7. The maximum absolute atomic E-state index is 12.4. The molecule has 6 nitrogen and oxygen atoms in total. The molecule has 1 amide bonds. The lowest BCUT2D eigenvalue weighted by molar-refractivity contribution is 0.0240. The highest BCUT2D eigenvalue weighted by Gasteiger charge is 2.26. The van der Waals surface area contributed by atoms with Gasteiger partial charge in [-0.2, -0.15) is 0 Å². The van der Waals surface area contributed by atoms with Crippen molar-refractivity contribution in [1.82, 2.24) is 14.5 Å². The summed E-state index contributed by atoms with van der Waals surface area (Å²) in [7, 11) is 0. The number of fused-ring (bicyclic) bond motifs is 1. The van der Waals surface area contributed by atoms with E-state index in [4.69, 9.17) is 27.9 Å². The Hall–Kier alpha value is -2.44. The molecule has 2 aromatic carbocycles. The summed E-state index contributed by atoms with van der Waals surface area (Å²) in [6, 6.07) is 11.9. The van der Waals surface area contributed by atoms with Crippen molar-refractivity contribution < 1.29 is 9.53 Å². The third kappa shape index (κ3) is 4.81. The number of halogens is 2. The van der Waals surface area contributed by atoms with Gasteiger partial charge in [0.05, 0.1) is 23.4 Å². The van der Waals surface area contributed by atoms with Crippen molar-refractivity contribution in [3.63, 3.8) is 0 Å². The van der Waals surface area contributed by atoms with Gasteiger partial charge in [-0.15, -0.1) is 0 Å². The lowest BCUT2D eigenvalue weighted by Gasteiger charge is -2.36. The Labute approximate surface area is 198 Å². The zero-order valence-corrected chi connectivity index (χ0v) is 20.3. The Morgan fingerprint density at radius 3 is 2.44 bits per heavy atom. The Morgan fingerprint density at radius 2 is 1.78 bits per heavy atom. The van der Waals surface area contributed by atoms with Crippen LogP contribution < -0.4 is 4.90 Å². The predicted octanol–water partition coefficient (Wildman–Crippen LogP) is 6.01. The van der Waals surface area contributed by atoms with Crippen molar-refractivity contribution in [1.29, 1.82) is 0 Å². The van der Waals surface area contributed by atoms with E-state index in [1.165, 1.54) is 0 Å². The fourth-order valence-electron chi connectivity index (χ4n) is 3.98. The third-order valence-corrected chi connectivity index (χ3v) is 6.25. The number of hydrogen-bond donors (Lipinski definition) is 0. The first-order chi connectivity index (χ1) is 15.1. The van der Waals surface area contributed by atoms with Crippen LogP contribution in [0.5, 0.6) is 0 Å². The molecule has 2 heterocycles. The number of anilines is 1. The van der Waals surface area contributed by atoms with E-state index in [1.54, 1.807) is 11.0 Å². The van der Waals surface area contributed by atoms with Gasteiger partial charge in [0, 0.05) is 41.9 Å². The normalized spacial score (nSPS) is 15.8. The molecule has 0 bridgehead atoms. The molecule has 0 spiro atoms. The number of amides is 1. The molecule has 4 rings (SSSR count). The van der Waals surface area contributed by atoms with Gasteiger partial charge in [-0.1, -0.05) is 29.3 Å². The molecule has 0 saturated carbocycles. The molecule has 0 N–H and O–H groups in total. The van der Waals surface area contributed by atoms with Crippen LogP contribution in [0.1, 0.15) is 39.3 Å². The standard InChI is InChI=1S/C24H28Cl2N4O2/c1-16(19-7-5-17(25)13-20(19)26)30-15-27-21-8-6-18(14-22(21)30)28-9-11-29(12-10-28)23(31)32-24(2,3)4/h5-8,13-16H,9-12H2,1-4H3/t16-/m1/s1. The lowest BCUT2D eigenvalue weighted by Crippen LogP contribution is -2.50. The van der Waals surface area contributed by atoms with Gasteiger partial charge >= 0.3 is 6.09 Å². The summed E-state index contributed by atoms with van der Waals surface area (Å²) in [5.74, 6) is 0. The molecular formula is C24H28Cl2N4O2. The van der Waals surface area contributed by atoms with Gasteiger partial charge in [-0.3, -0.25) is 0 Å². The van der Waals surface area contributed by atoms with Crippen molar-refractivity contribution in [3.05, 3.63) is 58.3 Å². The third-order valence-electron chi connectivity index (χ3n) is 5.68. The van der Waals surface area contributed by atoms with Crippen LogP contribution in [0.2, 0.25) is 10.0 Å². The highest BCUT2D eigenvalue weighted by Crippen LogP contribution is 2.32. The first-order valence-electron chi connectivity index (χ1n) is 10.8. The molecule has 1 aromatic heterocycles. The van der Waals surface area contributed by atoms with Crippen molar-refractivity contribution in [2.24, 2.45) is 0 Å². The Bertz CT molecular complexity index is 1130. The fraction of sp³-hybridized carbons (Fsp3) is 0.417. The van der Waals surface area contributed by atoms with Crippen molar-refractivity contribution in [2.75, 3.05) is 31.1 Å². The van der Waals surface area contributed by atoms with E-state index in [9.17, 15) is 4.79 Å². The second kappa shape index (κ2) is 8.83. The highest BCUT2D eigenvalue weighted by atomic mass is 35.5. The molecule has 3 aromatic rings. The van der Waals surface area contributed by atoms with E-state index in [0.717, 1.165) is 35.4 Å². The maximum atomic E-state index is 12.4. The summed E-state index contributed by atoms with van der Waals surface area (Å²) >= 11 is 12.5. The smallest absolute Gasteiger partial charge is 0.410 e. The lowest BCUT2D eigenvalue weighted by atomic mass is 10.1. The summed E-state index contributed by atoms with van der Waals surface area (Å²) in [6.45, 7) is 10.5. The quantitative estimate of drug-likeness (QED) is 0.466. The Kier molecular flexibility index (Phi) is 6.28. The van der Waals surface area contributed by atoms with E-state index >= 15 is 0 Å². The molecule has 170 valence electrons. The molecule has 8 heteroatoms. The van der Waals surface area contributed by atoms with Crippen LogP contribution in [0.15, 0.2) is 42.7 Å². The van der Waals surface area contributed by atoms with E-state index < -0.39 is 5.60 Å². The molecule has 0 unspecified atom stereocenters. The van der Waals surface area contributed by atoms with Crippen molar-refractivity contribution in [2.45, 2.75) is 39.3 Å². The summed E-state index contributed by atoms with van der Waals surface area (Å²) in [5, 5.41) is 1.26. The van der Waals surface area contributed by atoms with Gasteiger partial charge in [0.15, 0.2) is 0 Å². The van der Waals surface area contributed by atoms with Gasteiger partial charge in [-0.05, 0) is 63.6 Å². The molecule has 1 aliphatic rings. The van der Waals surface area contributed by atoms with Crippen LogP contribution in [0.25, 0.3) is 11.0 Å². The zero-order valence-electron chi connectivity index (χ0n) is 18.8. The molecule has 1 saturated heterocycles. The second-order valence-corrected chi connectivity index (χ2v) is 9.96. The molecule has 1 fully saturated rings. The largest absolute Gasteiger partial charge is 0.444 e. The molecule has 1 aliphatic heterocycles. The van der Waals surface area contributed by atoms with Crippen LogP contribution in [0, 0.1) is 0 Å². The van der Waals surface area contributed by atoms with Gasteiger partial charge in [0.2, 0.25) is 0 Å². The topological polar surface area (TPSA) is 50.6 Å². The SMILES string of the molecule is C[C@H](c1ccc(Cl)cc1Cl)n1cnc2ccc(N3CCN(C(=O)OC(C)(C)C)CC3)cc21. The summed E-state index contributed by atoms with van der Waals surface area (Å²) in [5.41, 5.74) is 3.58. The van der Waals surface area contributed by atoms with Gasteiger partial charge in [-0.25, -0.2) is 9.78 Å². The number of benzene rings is 2. The number of carbonyl (C=O) groups excluding carboxylic acids is 1. The van der Waals surface area contributed by atoms with Crippen molar-refractivity contribution >= 4 is 46.0 Å². The van der Waals surface area contributed by atoms with Crippen LogP contribution in [-0.2, 0) is 4.74 Å². The average molecular weight is 475 g/mol. The van der Waals surface area contributed by atoms with Gasteiger partial charge in [0.1, 0.15) is 5.60 Å². The van der Waals surface area contributed by atoms with E-state index in [-0.39, 0.29) is 12.1 Å². The fourth-order valence-corrected chi connectivity index (χ4v) is 4.55. The minimum Gasteiger partial charge on any atom is -0.444 e. The maximum Gasteiger partial charge on any atom is 0.410 e. The van der Waals surface area contributed by atoms with Crippen molar-refractivity contribution in [3.8, 4) is 0 Å². The average Bonchev–Trinajstić information content (AvgIpc) is 3.15. The Morgan fingerprint density at radius 1 is 1.06 bits per heavy atom. The number of imidazole rings is 1. The number of ether oxygens (including phenoxy) is 1. The van der Waals surface area contributed by atoms with Crippen LogP contribution in [0.3, 0.4) is 0 Å². The predicted molar refractivity (Wildman–Crippen MR) is 130 cm³/mol. The Balaban J connectivity index is 1.53. The molecule has 0 aliphatic carbocycles. The summed E-state index contributed by atoms with van der Waals surface area (Å²) in [4.78, 5) is 21.0. The number of nitrogens with zero attached hydrogens (tertiary/aromatic N) is 4. The number of hydrogen-bond acceptors (Lipinski definition) is 4.